The molecule has 0 aliphatic heterocycles. The summed E-state index contributed by atoms with van der Waals surface area (Å²) in [5.41, 5.74) is 1.17. The molecule has 6 nitrogen and oxygen atoms in total. The van der Waals surface area contributed by atoms with Gasteiger partial charge in [0.25, 0.3) is 0 Å². The Bertz CT molecular complexity index is 775. The molecule has 0 atom stereocenters. The van der Waals surface area contributed by atoms with Crippen LogP contribution in [0, 0.1) is 11.3 Å². The van der Waals surface area contributed by atoms with E-state index in [-0.39, 0.29) is 24.5 Å². The van der Waals surface area contributed by atoms with Gasteiger partial charge >= 0.3 is 0 Å². The minimum Gasteiger partial charge on any atom is -0.496 e. The van der Waals surface area contributed by atoms with Crippen LogP contribution in [0.2, 0.25) is 0 Å². The fourth-order valence-electron chi connectivity index (χ4n) is 2.48. The van der Waals surface area contributed by atoms with Crippen molar-refractivity contribution in [2.45, 2.75) is 26.3 Å². The molecule has 0 bridgehead atoms. The van der Waals surface area contributed by atoms with Crippen LogP contribution in [0.25, 0.3) is 0 Å². The maximum absolute atomic E-state index is 12.7. The van der Waals surface area contributed by atoms with Crippen LogP contribution >= 0.6 is 0 Å². The van der Waals surface area contributed by atoms with Crippen LogP contribution in [0.15, 0.2) is 41.0 Å². The molecule has 2 aromatic rings. The van der Waals surface area contributed by atoms with Gasteiger partial charge in [0.1, 0.15) is 11.5 Å². The van der Waals surface area contributed by atoms with Crippen LogP contribution < -0.4 is 4.74 Å². The average Bonchev–Trinajstić information content (AvgIpc) is 3.11. The number of benzene rings is 1. The van der Waals surface area contributed by atoms with Crippen LogP contribution in [0.4, 0.5) is 0 Å². The number of nitriles is 1. The molecule has 6 heteroatoms. The summed E-state index contributed by atoms with van der Waals surface area (Å²) in [6.07, 6.45) is 1.86. The highest BCUT2D eigenvalue weighted by Crippen LogP contribution is 2.22. The first-order valence-electron chi connectivity index (χ1n) is 7.90. The van der Waals surface area contributed by atoms with Crippen LogP contribution in [-0.2, 0) is 17.8 Å². The summed E-state index contributed by atoms with van der Waals surface area (Å²) in [6, 6.07) is 10.6. The van der Waals surface area contributed by atoms with E-state index in [4.69, 9.17) is 14.4 Å². The molecular weight excluding hydrogens is 320 g/mol. The minimum absolute atomic E-state index is 0.0757. The monoisotopic (exact) mass is 340 g/mol. The number of rotatable bonds is 8. The van der Waals surface area contributed by atoms with Crippen LogP contribution in [-0.4, -0.2) is 30.2 Å². The first-order valence-corrected chi connectivity index (χ1v) is 7.90. The van der Waals surface area contributed by atoms with Crippen molar-refractivity contribution in [3.8, 4) is 11.8 Å². The van der Waals surface area contributed by atoms with Crippen molar-refractivity contribution in [1.82, 2.24) is 4.90 Å². The molecule has 0 saturated carbocycles. The SMILES string of the molecule is COc1ccc(C(C)=O)cc1CC(=O)N(CCC#N)Cc1ccco1. The van der Waals surface area contributed by atoms with E-state index in [0.29, 0.717) is 35.7 Å². The number of Topliss-reactive ketones (excluding diaryl/α,β-unsaturated/α-hetero) is 1. The van der Waals surface area contributed by atoms with Crippen molar-refractivity contribution in [2.75, 3.05) is 13.7 Å². The lowest BCUT2D eigenvalue weighted by molar-refractivity contribution is -0.131. The Morgan fingerprint density at radius 2 is 2.12 bits per heavy atom. The third-order valence-corrected chi connectivity index (χ3v) is 3.80. The Labute approximate surface area is 146 Å². The molecule has 0 saturated heterocycles. The number of hydrogen-bond donors (Lipinski definition) is 0. The first kappa shape index (κ1) is 18.3. The van der Waals surface area contributed by atoms with E-state index in [1.807, 2.05) is 6.07 Å². The van der Waals surface area contributed by atoms with Crippen molar-refractivity contribution in [3.63, 3.8) is 0 Å². The smallest absolute Gasteiger partial charge is 0.227 e. The molecule has 1 aromatic heterocycles. The predicted molar refractivity (Wildman–Crippen MR) is 91.1 cm³/mol. The Morgan fingerprint density at radius 1 is 1.32 bits per heavy atom. The van der Waals surface area contributed by atoms with E-state index in [1.165, 1.54) is 14.0 Å². The summed E-state index contributed by atoms with van der Waals surface area (Å²) in [5, 5.41) is 8.82. The summed E-state index contributed by atoms with van der Waals surface area (Å²) in [7, 11) is 1.52. The van der Waals surface area contributed by atoms with Gasteiger partial charge in [-0.15, -0.1) is 0 Å². The average molecular weight is 340 g/mol. The van der Waals surface area contributed by atoms with E-state index in [0.717, 1.165) is 0 Å². The molecule has 130 valence electrons. The highest BCUT2D eigenvalue weighted by Gasteiger charge is 2.18. The molecule has 0 N–H and O–H groups in total. The zero-order chi connectivity index (χ0) is 18.2. The molecule has 0 unspecified atom stereocenters. The van der Waals surface area contributed by atoms with Crippen molar-refractivity contribution >= 4 is 11.7 Å². The van der Waals surface area contributed by atoms with Crippen LogP contribution in [0.3, 0.4) is 0 Å². The maximum atomic E-state index is 12.7. The standard InChI is InChI=1S/C19H20N2O4/c1-14(22)15-6-7-18(24-2)16(11-15)12-19(23)21(9-4-8-20)13-17-5-3-10-25-17/h3,5-7,10-11H,4,9,12-13H2,1-2H3. The lowest BCUT2D eigenvalue weighted by Crippen LogP contribution is -2.32. The number of nitrogens with zero attached hydrogens (tertiary/aromatic N) is 2. The number of methoxy groups -OCH3 is 1. The highest BCUT2D eigenvalue weighted by molar-refractivity contribution is 5.94. The fourth-order valence-corrected chi connectivity index (χ4v) is 2.48. The second-order valence-corrected chi connectivity index (χ2v) is 5.56. The number of ketones is 1. The Balaban J connectivity index is 2.20. The van der Waals surface area contributed by atoms with Gasteiger partial charge in [-0.1, -0.05) is 0 Å². The molecule has 0 spiro atoms. The molecule has 1 amide bonds. The molecule has 0 aliphatic rings. The van der Waals surface area contributed by atoms with Gasteiger partial charge in [0, 0.05) is 17.7 Å². The Hall–Kier alpha value is -3.07. The lowest BCUT2D eigenvalue weighted by atomic mass is 10.0. The largest absolute Gasteiger partial charge is 0.496 e. The minimum atomic E-state index is -0.161. The molecular formula is C19H20N2O4. The molecule has 1 heterocycles. The second kappa shape index (κ2) is 8.69. The van der Waals surface area contributed by atoms with E-state index >= 15 is 0 Å². The zero-order valence-electron chi connectivity index (χ0n) is 14.3. The summed E-state index contributed by atoms with van der Waals surface area (Å²) in [6.45, 7) is 2.08. The van der Waals surface area contributed by atoms with Gasteiger partial charge in [-0.25, -0.2) is 0 Å². The lowest BCUT2D eigenvalue weighted by Gasteiger charge is -2.21. The van der Waals surface area contributed by atoms with E-state index in [2.05, 4.69) is 0 Å². The number of carbonyl (C=O) groups excluding carboxylic acids is 2. The third kappa shape index (κ3) is 4.95. The summed E-state index contributed by atoms with van der Waals surface area (Å²) in [5.74, 6) is 0.964. The Morgan fingerprint density at radius 3 is 2.72 bits per heavy atom. The topological polar surface area (TPSA) is 83.5 Å². The second-order valence-electron chi connectivity index (χ2n) is 5.56. The summed E-state index contributed by atoms with van der Waals surface area (Å²) >= 11 is 0. The summed E-state index contributed by atoms with van der Waals surface area (Å²) < 4.78 is 10.6. The number of ether oxygens (including phenoxy) is 1. The van der Waals surface area contributed by atoms with E-state index in [9.17, 15) is 9.59 Å². The molecule has 0 radical (unpaired) electrons. The third-order valence-electron chi connectivity index (χ3n) is 3.80. The predicted octanol–water partition coefficient (Wildman–Crippen LogP) is 2.98. The normalized spacial score (nSPS) is 10.1. The summed E-state index contributed by atoms with van der Waals surface area (Å²) in [4.78, 5) is 25.9. The molecule has 2 rings (SSSR count). The van der Waals surface area contributed by atoms with E-state index < -0.39 is 0 Å². The van der Waals surface area contributed by atoms with Gasteiger partial charge in [0.15, 0.2) is 5.78 Å². The van der Waals surface area contributed by atoms with Gasteiger partial charge < -0.3 is 14.1 Å². The molecule has 0 fully saturated rings. The number of amides is 1. The van der Waals surface area contributed by atoms with Crippen molar-refractivity contribution < 1.29 is 18.7 Å². The highest BCUT2D eigenvalue weighted by atomic mass is 16.5. The number of hydrogen-bond acceptors (Lipinski definition) is 5. The van der Waals surface area contributed by atoms with Crippen molar-refractivity contribution in [1.29, 1.82) is 5.26 Å². The van der Waals surface area contributed by atoms with Gasteiger partial charge in [0.05, 0.1) is 38.8 Å². The molecule has 1 aromatic carbocycles. The van der Waals surface area contributed by atoms with Crippen LogP contribution in [0.1, 0.15) is 35.0 Å². The van der Waals surface area contributed by atoms with Crippen molar-refractivity contribution in [2.24, 2.45) is 0 Å². The molecule has 0 aliphatic carbocycles. The quantitative estimate of drug-likeness (QED) is 0.690. The molecule has 25 heavy (non-hydrogen) atoms. The van der Waals surface area contributed by atoms with Crippen LogP contribution in [0.5, 0.6) is 5.75 Å². The van der Waals surface area contributed by atoms with Gasteiger partial charge in [0.2, 0.25) is 5.91 Å². The fraction of sp³-hybridized carbons (Fsp3) is 0.316. The first-order chi connectivity index (χ1) is 12.0. The number of furan rings is 1. The number of carbonyl (C=O) groups is 2. The van der Waals surface area contributed by atoms with Gasteiger partial charge in [-0.05, 0) is 37.3 Å². The van der Waals surface area contributed by atoms with E-state index in [1.54, 1.807) is 41.5 Å². The zero-order valence-corrected chi connectivity index (χ0v) is 14.3. The Kier molecular flexibility index (Phi) is 6.35. The maximum Gasteiger partial charge on any atom is 0.227 e. The van der Waals surface area contributed by atoms with Gasteiger partial charge in [-0.3, -0.25) is 9.59 Å². The van der Waals surface area contributed by atoms with Gasteiger partial charge in [-0.2, -0.15) is 5.26 Å². The van der Waals surface area contributed by atoms with Crippen molar-refractivity contribution in [3.05, 3.63) is 53.5 Å².